The molecule has 1 aromatic heterocycles. The molecule has 1 amide bonds. The van der Waals surface area contributed by atoms with E-state index in [1.807, 2.05) is 30.3 Å². The number of hydrogen-bond donors (Lipinski definition) is 1. The molecule has 2 N–H and O–H groups in total. The lowest BCUT2D eigenvalue weighted by atomic mass is 9.86. The second-order valence-corrected chi connectivity index (χ2v) is 7.75. The lowest BCUT2D eigenvalue weighted by Crippen LogP contribution is -2.10. The third kappa shape index (κ3) is 3.24. The molecule has 4 heteroatoms. The molecule has 3 aromatic rings. The van der Waals surface area contributed by atoms with E-state index in [2.05, 4.69) is 50.0 Å². The lowest BCUT2D eigenvalue weighted by Gasteiger charge is -2.19. The summed E-state index contributed by atoms with van der Waals surface area (Å²) in [7, 11) is 0. The molecule has 0 aliphatic carbocycles. The van der Waals surface area contributed by atoms with Gasteiger partial charge in [-0.2, -0.15) is 0 Å². The average Bonchev–Trinajstić information content (AvgIpc) is 3.00. The van der Waals surface area contributed by atoms with Crippen molar-refractivity contribution in [2.24, 2.45) is 5.73 Å². The van der Waals surface area contributed by atoms with Crippen LogP contribution in [0.3, 0.4) is 0 Å². The summed E-state index contributed by atoms with van der Waals surface area (Å²) in [6.45, 7) is 6.56. The van der Waals surface area contributed by atoms with Gasteiger partial charge < -0.3 is 5.73 Å². The highest BCUT2D eigenvalue weighted by Crippen LogP contribution is 2.37. The van der Waals surface area contributed by atoms with E-state index in [0.29, 0.717) is 5.01 Å². The third-order valence-electron chi connectivity index (χ3n) is 3.90. The molecule has 0 spiro atoms. The van der Waals surface area contributed by atoms with Gasteiger partial charge in [-0.05, 0) is 16.5 Å². The van der Waals surface area contributed by atoms with Crippen molar-refractivity contribution in [2.45, 2.75) is 26.2 Å². The van der Waals surface area contributed by atoms with Crippen molar-refractivity contribution in [1.29, 1.82) is 0 Å². The van der Waals surface area contributed by atoms with Crippen LogP contribution in [0.25, 0.3) is 21.7 Å². The van der Waals surface area contributed by atoms with Crippen LogP contribution in [0.1, 0.15) is 36.1 Å². The van der Waals surface area contributed by atoms with Crippen LogP contribution in [-0.2, 0) is 5.41 Å². The molecule has 24 heavy (non-hydrogen) atoms. The van der Waals surface area contributed by atoms with Gasteiger partial charge in [-0.3, -0.25) is 4.79 Å². The fourth-order valence-electron chi connectivity index (χ4n) is 2.53. The highest BCUT2D eigenvalue weighted by molar-refractivity contribution is 7.17. The van der Waals surface area contributed by atoms with Gasteiger partial charge in [0.25, 0.3) is 5.91 Å². The van der Waals surface area contributed by atoms with E-state index in [1.54, 1.807) is 0 Å². The fraction of sp³-hybridized carbons (Fsp3) is 0.200. The summed E-state index contributed by atoms with van der Waals surface area (Å²) in [6.07, 6.45) is 0. The van der Waals surface area contributed by atoms with Gasteiger partial charge in [-0.15, -0.1) is 11.3 Å². The van der Waals surface area contributed by atoms with Crippen LogP contribution in [0.4, 0.5) is 0 Å². The number of primary amides is 1. The molecule has 0 radical (unpaired) electrons. The quantitative estimate of drug-likeness (QED) is 0.741. The second-order valence-electron chi connectivity index (χ2n) is 6.75. The zero-order valence-electron chi connectivity index (χ0n) is 14.0. The van der Waals surface area contributed by atoms with Crippen LogP contribution in [0.2, 0.25) is 0 Å². The Labute approximate surface area is 146 Å². The number of carbonyl (C=O) groups excluding carboxylic acids is 1. The van der Waals surface area contributed by atoms with Crippen molar-refractivity contribution in [3.8, 4) is 21.7 Å². The third-order valence-corrected chi connectivity index (χ3v) is 5.02. The Kier molecular flexibility index (Phi) is 4.24. The molecule has 3 nitrogen and oxygen atoms in total. The van der Waals surface area contributed by atoms with E-state index in [0.717, 1.165) is 21.7 Å². The summed E-state index contributed by atoms with van der Waals surface area (Å²) in [5, 5.41) is 0.337. The van der Waals surface area contributed by atoms with Gasteiger partial charge in [0.1, 0.15) is 0 Å². The van der Waals surface area contributed by atoms with Gasteiger partial charge >= 0.3 is 0 Å². The second kappa shape index (κ2) is 6.21. The van der Waals surface area contributed by atoms with Gasteiger partial charge in [-0.25, -0.2) is 4.98 Å². The summed E-state index contributed by atoms with van der Waals surface area (Å²) in [5.74, 6) is -0.491. The molecule has 0 saturated heterocycles. The number of nitrogens with zero attached hydrogens (tertiary/aromatic N) is 1. The Morgan fingerprint density at radius 1 is 0.958 bits per heavy atom. The first-order chi connectivity index (χ1) is 11.4. The van der Waals surface area contributed by atoms with Crippen LogP contribution in [0.15, 0.2) is 54.6 Å². The Morgan fingerprint density at radius 2 is 1.58 bits per heavy atom. The standard InChI is InChI=1S/C20H20N2OS/c1-20(2,3)15-11-9-13(10-12-15)16-17(14-7-5-4-6-8-14)24-19(22-16)18(21)23/h4-12H,1-3H3,(H2,21,23). The van der Waals surface area contributed by atoms with Gasteiger partial charge in [0, 0.05) is 5.56 Å². The maximum Gasteiger partial charge on any atom is 0.277 e. The van der Waals surface area contributed by atoms with Gasteiger partial charge in [-0.1, -0.05) is 75.4 Å². The molecule has 0 unspecified atom stereocenters. The number of benzene rings is 2. The van der Waals surface area contributed by atoms with Crippen molar-refractivity contribution >= 4 is 17.2 Å². The molecule has 0 atom stereocenters. The van der Waals surface area contributed by atoms with Crippen molar-refractivity contribution in [3.05, 3.63) is 65.2 Å². The number of rotatable bonds is 3. The topological polar surface area (TPSA) is 56.0 Å². The minimum atomic E-state index is -0.491. The van der Waals surface area contributed by atoms with Crippen molar-refractivity contribution in [2.75, 3.05) is 0 Å². The maximum atomic E-state index is 11.6. The number of aromatic nitrogens is 1. The van der Waals surface area contributed by atoms with E-state index >= 15 is 0 Å². The lowest BCUT2D eigenvalue weighted by molar-refractivity contribution is 0.1000. The smallest absolute Gasteiger partial charge is 0.277 e. The van der Waals surface area contributed by atoms with E-state index in [9.17, 15) is 4.79 Å². The maximum absolute atomic E-state index is 11.6. The molecular formula is C20H20N2OS. The van der Waals surface area contributed by atoms with Crippen molar-refractivity contribution in [1.82, 2.24) is 4.98 Å². The SMILES string of the molecule is CC(C)(C)c1ccc(-c2nc(C(N)=O)sc2-c2ccccc2)cc1. The predicted molar refractivity (Wildman–Crippen MR) is 100 cm³/mol. The molecule has 0 bridgehead atoms. The molecule has 122 valence electrons. The van der Waals surface area contributed by atoms with E-state index < -0.39 is 5.91 Å². The molecular weight excluding hydrogens is 316 g/mol. The highest BCUT2D eigenvalue weighted by Gasteiger charge is 2.19. The fourth-order valence-corrected chi connectivity index (χ4v) is 3.48. The minimum Gasteiger partial charge on any atom is -0.364 e. The van der Waals surface area contributed by atoms with Gasteiger partial charge in [0.2, 0.25) is 0 Å². The molecule has 0 aliphatic heterocycles. The zero-order chi connectivity index (χ0) is 17.3. The van der Waals surface area contributed by atoms with Crippen molar-refractivity contribution < 1.29 is 4.79 Å². The number of carbonyl (C=O) groups is 1. The Bertz CT molecular complexity index is 859. The summed E-state index contributed by atoms with van der Waals surface area (Å²) in [6, 6.07) is 18.3. The summed E-state index contributed by atoms with van der Waals surface area (Å²) >= 11 is 1.34. The summed E-state index contributed by atoms with van der Waals surface area (Å²) in [5.41, 5.74) is 9.64. The first-order valence-electron chi connectivity index (χ1n) is 7.83. The minimum absolute atomic E-state index is 0.0985. The summed E-state index contributed by atoms with van der Waals surface area (Å²) < 4.78 is 0. The monoisotopic (exact) mass is 336 g/mol. The Hall–Kier alpha value is -2.46. The average molecular weight is 336 g/mol. The molecule has 0 fully saturated rings. The number of amides is 1. The zero-order valence-corrected chi connectivity index (χ0v) is 14.9. The van der Waals surface area contributed by atoms with E-state index in [-0.39, 0.29) is 5.41 Å². The van der Waals surface area contributed by atoms with Crippen LogP contribution in [0.5, 0.6) is 0 Å². The first-order valence-corrected chi connectivity index (χ1v) is 8.65. The molecule has 0 aliphatic rings. The molecule has 2 aromatic carbocycles. The van der Waals surface area contributed by atoms with Crippen LogP contribution >= 0.6 is 11.3 Å². The largest absolute Gasteiger partial charge is 0.364 e. The summed E-state index contributed by atoms with van der Waals surface area (Å²) in [4.78, 5) is 17.0. The van der Waals surface area contributed by atoms with Gasteiger partial charge in [0.05, 0.1) is 10.6 Å². The molecule has 3 rings (SSSR count). The molecule has 0 saturated carbocycles. The van der Waals surface area contributed by atoms with Crippen LogP contribution < -0.4 is 5.73 Å². The molecule has 1 heterocycles. The van der Waals surface area contributed by atoms with Crippen LogP contribution in [-0.4, -0.2) is 10.9 Å². The predicted octanol–water partition coefficient (Wildman–Crippen LogP) is 4.87. The normalized spacial score (nSPS) is 11.5. The van der Waals surface area contributed by atoms with Gasteiger partial charge in [0.15, 0.2) is 5.01 Å². The number of thiazole rings is 1. The van der Waals surface area contributed by atoms with E-state index in [4.69, 9.17) is 5.73 Å². The Balaban J connectivity index is 2.11. The Morgan fingerprint density at radius 3 is 2.12 bits per heavy atom. The van der Waals surface area contributed by atoms with Crippen LogP contribution in [0, 0.1) is 0 Å². The van der Waals surface area contributed by atoms with Crippen molar-refractivity contribution in [3.63, 3.8) is 0 Å². The highest BCUT2D eigenvalue weighted by atomic mass is 32.1. The first kappa shape index (κ1) is 16.4. The number of nitrogens with two attached hydrogens (primary N) is 1. The van der Waals surface area contributed by atoms with E-state index in [1.165, 1.54) is 16.9 Å². The number of hydrogen-bond acceptors (Lipinski definition) is 3.